The van der Waals surface area contributed by atoms with Crippen LogP contribution in [-0.2, 0) is 14.3 Å². The van der Waals surface area contributed by atoms with Gasteiger partial charge in [0.25, 0.3) is 0 Å². The summed E-state index contributed by atoms with van der Waals surface area (Å²) in [6.07, 6.45) is 3.66. The summed E-state index contributed by atoms with van der Waals surface area (Å²) < 4.78 is 10.5. The summed E-state index contributed by atoms with van der Waals surface area (Å²) in [5.41, 5.74) is -0.274. The maximum atomic E-state index is 11.6. The van der Waals surface area contributed by atoms with Gasteiger partial charge in [-0.05, 0) is 25.2 Å². The average Bonchev–Trinajstić information content (AvgIpc) is 2.94. The Morgan fingerprint density at radius 3 is 2.23 bits per heavy atom. The van der Waals surface area contributed by atoms with Gasteiger partial charge in [0.05, 0.1) is 5.41 Å². The van der Waals surface area contributed by atoms with E-state index in [4.69, 9.17) is 9.47 Å². The Morgan fingerprint density at radius 1 is 1.38 bits per heavy atom. The number of carbonyl (C=O) groups is 1. The second-order valence-electron chi connectivity index (χ2n) is 4.04. The smallest absolute Gasteiger partial charge is 0.169 e. The van der Waals surface area contributed by atoms with Gasteiger partial charge in [0, 0.05) is 20.6 Å². The van der Waals surface area contributed by atoms with E-state index in [1.54, 1.807) is 14.2 Å². The van der Waals surface area contributed by atoms with Crippen LogP contribution in [0.1, 0.15) is 25.7 Å². The third-order valence-electron chi connectivity index (χ3n) is 3.44. The molecule has 0 N–H and O–H groups in total. The number of rotatable bonds is 4. The third kappa shape index (κ3) is 1.14. The van der Waals surface area contributed by atoms with Crippen molar-refractivity contribution in [2.24, 2.45) is 11.3 Å². The minimum Gasteiger partial charge on any atom is -0.355 e. The molecule has 0 saturated heterocycles. The van der Waals surface area contributed by atoms with Crippen molar-refractivity contribution in [1.82, 2.24) is 0 Å². The van der Waals surface area contributed by atoms with E-state index >= 15 is 0 Å². The van der Waals surface area contributed by atoms with Crippen LogP contribution in [0.5, 0.6) is 0 Å². The highest BCUT2D eigenvalue weighted by atomic mass is 16.7. The first-order chi connectivity index (χ1) is 6.25. The van der Waals surface area contributed by atoms with Gasteiger partial charge in [-0.15, -0.1) is 0 Å². The van der Waals surface area contributed by atoms with E-state index in [9.17, 15) is 4.79 Å². The van der Waals surface area contributed by atoms with Crippen LogP contribution in [0, 0.1) is 11.3 Å². The fraction of sp³-hybridized carbons (Fsp3) is 0.900. The van der Waals surface area contributed by atoms with Crippen molar-refractivity contribution in [3.63, 3.8) is 0 Å². The average molecular weight is 184 g/mol. The highest BCUT2D eigenvalue weighted by Gasteiger charge is 2.60. The van der Waals surface area contributed by atoms with Crippen molar-refractivity contribution >= 4 is 5.78 Å². The molecule has 3 nitrogen and oxygen atoms in total. The first kappa shape index (κ1) is 9.16. The molecule has 0 aromatic rings. The fourth-order valence-electron chi connectivity index (χ4n) is 2.50. The Bertz CT molecular complexity index is 218. The molecule has 1 atom stereocenters. The Balaban J connectivity index is 2.16. The highest BCUT2D eigenvalue weighted by Crippen LogP contribution is 2.57. The maximum Gasteiger partial charge on any atom is 0.169 e. The zero-order valence-corrected chi connectivity index (χ0v) is 8.21. The fourth-order valence-corrected chi connectivity index (χ4v) is 2.50. The SMILES string of the molecule is COC(OC)C1(C2CC2)CCC1=O. The number of methoxy groups -OCH3 is 2. The molecule has 13 heavy (non-hydrogen) atoms. The van der Waals surface area contributed by atoms with E-state index in [0.717, 1.165) is 19.3 Å². The van der Waals surface area contributed by atoms with Crippen LogP contribution >= 0.6 is 0 Å². The van der Waals surface area contributed by atoms with E-state index in [-0.39, 0.29) is 11.7 Å². The summed E-state index contributed by atoms with van der Waals surface area (Å²) in [7, 11) is 3.23. The van der Waals surface area contributed by atoms with Crippen LogP contribution in [0.25, 0.3) is 0 Å². The van der Waals surface area contributed by atoms with Gasteiger partial charge in [0.15, 0.2) is 6.29 Å². The summed E-state index contributed by atoms with van der Waals surface area (Å²) in [5, 5.41) is 0. The van der Waals surface area contributed by atoms with E-state index in [1.165, 1.54) is 0 Å². The predicted molar refractivity (Wildman–Crippen MR) is 47.2 cm³/mol. The van der Waals surface area contributed by atoms with E-state index in [2.05, 4.69) is 0 Å². The van der Waals surface area contributed by atoms with Gasteiger partial charge in [0.1, 0.15) is 5.78 Å². The number of ketones is 1. The Hall–Kier alpha value is -0.410. The minimum absolute atomic E-state index is 0.274. The summed E-state index contributed by atoms with van der Waals surface area (Å²) in [6.45, 7) is 0. The van der Waals surface area contributed by atoms with E-state index in [0.29, 0.717) is 18.1 Å². The molecule has 74 valence electrons. The van der Waals surface area contributed by atoms with Crippen molar-refractivity contribution in [2.45, 2.75) is 32.0 Å². The molecule has 2 fully saturated rings. The Kier molecular flexibility index (Phi) is 2.16. The first-order valence-electron chi connectivity index (χ1n) is 4.84. The molecule has 3 heteroatoms. The largest absolute Gasteiger partial charge is 0.355 e. The van der Waals surface area contributed by atoms with Crippen LogP contribution in [0.4, 0.5) is 0 Å². The molecule has 2 aliphatic carbocycles. The molecular weight excluding hydrogens is 168 g/mol. The normalized spacial score (nSPS) is 33.6. The summed E-state index contributed by atoms with van der Waals surface area (Å²) in [6, 6.07) is 0. The second-order valence-corrected chi connectivity index (χ2v) is 4.04. The summed E-state index contributed by atoms with van der Waals surface area (Å²) in [5.74, 6) is 0.863. The number of hydrogen-bond donors (Lipinski definition) is 0. The quantitative estimate of drug-likeness (QED) is 0.619. The van der Waals surface area contributed by atoms with E-state index < -0.39 is 0 Å². The monoisotopic (exact) mass is 184 g/mol. The molecule has 0 aliphatic heterocycles. The van der Waals surface area contributed by atoms with Crippen molar-refractivity contribution in [1.29, 1.82) is 0 Å². The lowest BCUT2D eigenvalue weighted by molar-refractivity contribution is -0.207. The molecule has 0 heterocycles. The molecule has 2 saturated carbocycles. The van der Waals surface area contributed by atoms with Gasteiger partial charge >= 0.3 is 0 Å². The predicted octanol–water partition coefficient (Wildman–Crippen LogP) is 1.36. The van der Waals surface area contributed by atoms with Crippen LogP contribution in [0.3, 0.4) is 0 Å². The molecule has 2 rings (SSSR count). The van der Waals surface area contributed by atoms with Gasteiger partial charge in [-0.25, -0.2) is 0 Å². The molecule has 0 bridgehead atoms. The Morgan fingerprint density at radius 2 is 2.00 bits per heavy atom. The van der Waals surface area contributed by atoms with Crippen LogP contribution in [-0.4, -0.2) is 26.3 Å². The minimum atomic E-state index is -0.318. The lowest BCUT2D eigenvalue weighted by Gasteiger charge is -2.44. The van der Waals surface area contributed by atoms with Gasteiger partial charge in [-0.2, -0.15) is 0 Å². The van der Waals surface area contributed by atoms with E-state index in [1.807, 2.05) is 0 Å². The zero-order chi connectivity index (χ0) is 9.47. The van der Waals surface area contributed by atoms with Crippen LogP contribution < -0.4 is 0 Å². The topological polar surface area (TPSA) is 35.5 Å². The molecule has 0 radical (unpaired) electrons. The van der Waals surface area contributed by atoms with Crippen LogP contribution in [0.2, 0.25) is 0 Å². The zero-order valence-electron chi connectivity index (χ0n) is 8.21. The molecule has 1 unspecified atom stereocenters. The number of carbonyl (C=O) groups excluding carboxylic acids is 1. The summed E-state index contributed by atoms with van der Waals surface area (Å²) in [4.78, 5) is 11.6. The maximum absolute atomic E-state index is 11.6. The second kappa shape index (κ2) is 3.07. The highest BCUT2D eigenvalue weighted by molar-refractivity contribution is 5.91. The molecular formula is C10H16O3. The lowest BCUT2D eigenvalue weighted by atomic mass is 9.63. The first-order valence-corrected chi connectivity index (χ1v) is 4.84. The molecule has 0 aromatic heterocycles. The van der Waals surface area contributed by atoms with Gasteiger partial charge in [0.2, 0.25) is 0 Å². The number of ether oxygens (including phenoxy) is 2. The van der Waals surface area contributed by atoms with Gasteiger partial charge in [-0.1, -0.05) is 0 Å². The molecule has 2 aliphatic rings. The lowest BCUT2D eigenvalue weighted by Crippen LogP contribution is -2.53. The van der Waals surface area contributed by atoms with Crippen molar-refractivity contribution < 1.29 is 14.3 Å². The van der Waals surface area contributed by atoms with Crippen molar-refractivity contribution in [3.8, 4) is 0 Å². The van der Waals surface area contributed by atoms with Crippen molar-refractivity contribution in [2.75, 3.05) is 14.2 Å². The van der Waals surface area contributed by atoms with Crippen molar-refractivity contribution in [3.05, 3.63) is 0 Å². The number of hydrogen-bond acceptors (Lipinski definition) is 3. The third-order valence-corrected chi connectivity index (χ3v) is 3.44. The standard InChI is InChI=1S/C10H16O3/c1-12-9(13-2)10(7-3-4-7)6-5-8(10)11/h7,9H,3-6H2,1-2H3. The summed E-state index contributed by atoms with van der Waals surface area (Å²) >= 11 is 0. The van der Waals surface area contributed by atoms with Gasteiger partial charge < -0.3 is 9.47 Å². The molecule has 0 aromatic carbocycles. The van der Waals surface area contributed by atoms with Crippen LogP contribution in [0.15, 0.2) is 0 Å². The number of Topliss-reactive ketones (excluding diaryl/α,β-unsaturated/α-hetero) is 1. The molecule has 0 spiro atoms. The van der Waals surface area contributed by atoms with Gasteiger partial charge in [-0.3, -0.25) is 4.79 Å². The Labute approximate surface area is 78.4 Å². The molecule has 0 amide bonds.